The van der Waals surface area contributed by atoms with Crippen LogP contribution in [0.25, 0.3) is 0 Å². The van der Waals surface area contributed by atoms with Crippen LogP contribution in [0.1, 0.15) is 49.8 Å². The van der Waals surface area contributed by atoms with Crippen LogP contribution in [-0.4, -0.2) is 90.8 Å². The second-order valence-corrected chi connectivity index (χ2v) is 10.1. The van der Waals surface area contributed by atoms with Gasteiger partial charge < -0.3 is 18.9 Å². The summed E-state index contributed by atoms with van der Waals surface area (Å²) in [7, 11) is -3.18. The van der Waals surface area contributed by atoms with E-state index in [9.17, 15) is 18.4 Å². The van der Waals surface area contributed by atoms with Crippen molar-refractivity contribution < 1.29 is 18.4 Å². The van der Waals surface area contributed by atoms with Gasteiger partial charge in [-0.3, -0.25) is 9.59 Å². The van der Waals surface area contributed by atoms with Crippen molar-refractivity contribution in [2.45, 2.75) is 44.6 Å². The Morgan fingerprint density at radius 2 is 1.62 bits per heavy atom. The van der Waals surface area contributed by atoms with E-state index in [0.717, 1.165) is 18.1 Å². The normalized spacial score (nSPS) is 25.7. The molecule has 0 saturated carbocycles. The zero-order chi connectivity index (χ0) is 20.8. The highest BCUT2D eigenvalue weighted by Crippen LogP contribution is 2.35. The Kier molecular flexibility index (Phi) is 5.47. The quantitative estimate of drug-likeness (QED) is 0.621. The number of hydrogen-bond acceptors (Lipinski definition) is 6. The highest BCUT2D eigenvalue weighted by molar-refractivity contribution is 7.94. The number of aryl methyl sites for hydroxylation is 1. The molecule has 2 saturated heterocycles. The molecule has 2 fully saturated rings. The monoisotopic (exact) mass is 424 g/mol. The first kappa shape index (κ1) is 20.4. The van der Waals surface area contributed by atoms with E-state index in [-0.39, 0.29) is 23.8 Å². The maximum Gasteiger partial charge on any atom is 0.245 e. The van der Waals surface area contributed by atoms with Crippen molar-refractivity contribution in [3.63, 3.8) is 0 Å². The Hall–Kier alpha value is -1.85. The van der Waals surface area contributed by atoms with Crippen LogP contribution in [0.4, 0.5) is 0 Å². The van der Waals surface area contributed by atoms with Crippen LogP contribution in [0.15, 0.2) is 0 Å². The van der Waals surface area contributed by atoms with Crippen molar-refractivity contribution in [2.24, 2.45) is 0 Å². The molecule has 11 heteroatoms. The minimum absolute atomic E-state index is 0.0433. The van der Waals surface area contributed by atoms with Crippen LogP contribution in [0.3, 0.4) is 0 Å². The summed E-state index contributed by atoms with van der Waals surface area (Å²) in [6.45, 7) is 4.73. The lowest BCUT2D eigenvalue weighted by Gasteiger charge is -2.36. The number of nitrogens with zero attached hydrogens (tertiary/aromatic N) is 6. The Bertz CT molecular complexity index is 835. The van der Waals surface area contributed by atoms with Crippen molar-refractivity contribution >= 4 is 22.2 Å². The highest BCUT2D eigenvalue weighted by atomic mass is 32.3. The van der Waals surface area contributed by atoms with E-state index in [1.54, 1.807) is 11.8 Å². The third-order valence-corrected chi connectivity index (χ3v) is 7.66. The lowest BCUT2D eigenvalue weighted by Crippen LogP contribution is -2.51. The van der Waals surface area contributed by atoms with Gasteiger partial charge in [0.15, 0.2) is 0 Å². The fourth-order valence-electron chi connectivity index (χ4n) is 4.65. The van der Waals surface area contributed by atoms with E-state index in [4.69, 9.17) is 0 Å². The molecule has 0 bridgehead atoms. The summed E-state index contributed by atoms with van der Waals surface area (Å²) >= 11 is 0. The molecule has 4 heterocycles. The number of aromatic nitrogens is 3. The molecule has 0 aromatic carbocycles. The molecule has 0 aliphatic carbocycles. The van der Waals surface area contributed by atoms with E-state index in [1.165, 1.54) is 10.6 Å². The van der Waals surface area contributed by atoms with Gasteiger partial charge in [0, 0.05) is 58.5 Å². The molecule has 3 aliphatic rings. The lowest BCUT2D eigenvalue weighted by atomic mass is 9.97. The average Bonchev–Trinajstić information content (AvgIpc) is 3.29. The first-order chi connectivity index (χ1) is 13.8. The summed E-state index contributed by atoms with van der Waals surface area (Å²) in [4.78, 5) is 28.4. The predicted molar refractivity (Wildman–Crippen MR) is 105 cm³/mol. The van der Waals surface area contributed by atoms with Gasteiger partial charge in [-0.05, 0) is 19.3 Å². The van der Waals surface area contributed by atoms with Crippen LogP contribution in [-0.2, 0) is 30.6 Å². The van der Waals surface area contributed by atoms with Gasteiger partial charge in [0.2, 0.25) is 11.8 Å². The van der Waals surface area contributed by atoms with Crippen LogP contribution in [0.5, 0.6) is 0 Å². The van der Waals surface area contributed by atoms with Crippen LogP contribution in [0, 0.1) is 0 Å². The van der Waals surface area contributed by atoms with E-state index < -0.39 is 10.4 Å². The Labute approximate surface area is 171 Å². The predicted octanol–water partition coefficient (Wildman–Crippen LogP) is -0.190. The second-order valence-electron chi connectivity index (χ2n) is 8.17. The Morgan fingerprint density at radius 3 is 2.21 bits per heavy atom. The summed E-state index contributed by atoms with van der Waals surface area (Å²) in [6.07, 6.45) is 4.04. The van der Waals surface area contributed by atoms with Gasteiger partial charge in [-0.2, -0.15) is 0 Å². The lowest BCUT2D eigenvalue weighted by molar-refractivity contribution is -0.140. The molecule has 2 amide bonds. The molecule has 0 radical (unpaired) electrons. The molecule has 0 spiro atoms. The maximum absolute atomic E-state index is 13.2. The number of amides is 2. The molecule has 29 heavy (non-hydrogen) atoms. The first-order valence-corrected chi connectivity index (χ1v) is 12.0. The number of piperazine rings is 1. The summed E-state index contributed by atoms with van der Waals surface area (Å²) in [5.41, 5.74) is 0. The SMILES string of the molecule is CC(=O)N1CCN(C(=O)C2CCc3nnc(C4CCN([S+](C)(=O)[O-])CC4)n32)CC1. The molecule has 3 aliphatic heterocycles. The van der Waals surface area contributed by atoms with Crippen molar-refractivity contribution in [1.29, 1.82) is 0 Å². The largest absolute Gasteiger partial charge is 0.598 e. The summed E-state index contributed by atoms with van der Waals surface area (Å²) < 4.78 is 27.0. The fraction of sp³-hybridized carbons (Fsp3) is 0.778. The van der Waals surface area contributed by atoms with Crippen molar-refractivity contribution in [2.75, 3.05) is 45.5 Å². The number of piperidine rings is 1. The zero-order valence-electron chi connectivity index (χ0n) is 17.0. The summed E-state index contributed by atoms with van der Waals surface area (Å²) in [5, 5.41) is 8.69. The van der Waals surface area contributed by atoms with E-state index in [0.29, 0.717) is 58.5 Å². The minimum atomic E-state index is -3.18. The fourth-order valence-corrected chi connectivity index (χ4v) is 5.53. The van der Waals surface area contributed by atoms with Crippen LogP contribution >= 0.6 is 0 Å². The summed E-state index contributed by atoms with van der Waals surface area (Å²) in [6, 6.07) is -0.299. The topological polar surface area (TPSA) is 115 Å². The van der Waals surface area contributed by atoms with E-state index in [1.807, 2.05) is 9.47 Å². The van der Waals surface area contributed by atoms with E-state index in [2.05, 4.69) is 10.2 Å². The van der Waals surface area contributed by atoms with Gasteiger partial charge in [0.05, 0.1) is 0 Å². The van der Waals surface area contributed by atoms with Crippen molar-refractivity contribution in [1.82, 2.24) is 28.9 Å². The maximum atomic E-state index is 13.2. The number of sulfonamides is 1. The molecule has 0 N–H and O–H groups in total. The highest BCUT2D eigenvalue weighted by Gasteiger charge is 2.39. The number of fused-ring (bicyclic) bond motifs is 1. The smallest absolute Gasteiger partial charge is 0.245 e. The molecular formula is C18H28N6O4S. The van der Waals surface area contributed by atoms with Gasteiger partial charge in [-0.25, -0.2) is 0 Å². The molecule has 2 unspecified atom stereocenters. The zero-order valence-corrected chi connectivity index (χ0v) is 17.8. The van der Waals surface area contributed by atoms with Gasteiger partial charge in [0.25, 0.3) is 0 Å². The number of hydrogen-bond donors (Lipinski definition) is 0. The van der Waals surface area contributed by atoms with Gasteiger partial charge in [0.1, 0.15) is 34.3 Å². The van der Waals surface area contributed by atoms with Crippen molar-refractivity contribution in [3.05, 3.63) is 11.6 Å². The van der Waals surface area contributed by atoms with Gasteiger partial charge >= 0.3 is 0 Å². The minimum Gasteiger partial charge on any atom is -0.598 e. The molecule has 1 aromatic rings. The van der Waals surface area contributed by atoms with E-state index >= 15 is 0 Å². The Balaban J connectivity index is 1.46. The van der Waals surface area contributed by atoms with Gasteiger partial charge in [-0.1, -0.05) is 4.21 Å². The Morgan fingerprint density at radius 1 is 1.00 bits per heavy atom. The standard InChI is InChI=1S/C18H28N6O4S/c1-13(25)21-9-11-22(12-10-21)18(26)15-3-4-16-19-20-17(24(15)16)14-5-7-23(8-6-14)29(2,27)28/h14-15H,3-12H2,1-2H3. The van der Waals surface area contributed by atoms with Crippen LogP contribution in [0.2, 0.25) is 0 Å². The summed E-state index contributed by atoms with van der Waals surface area (Å²) in [5.74, 6) is 1.87. The molecule has 10 nitrogen and oxygen atoms in total. The van der Waals surface area contributed by atoms with Crippen LogP contribution < -0.4 is 0 Å². The molecule has 4 rings (SSSR count). The molecule has 2 atom stereocenters. The second kappa shape index (κ2) is 7.77. The number of rotatable bonds is 3. The third-order valence-electron chi connectivity index (χ3n) is 6.36. The first-order valence-electron chi connectivity index (χ1n) is 10.2. The average molecular weight is 425 g/mol. The van der Waals surface area contributed by atoms with Crippen molar-refractivity contribution in [3.8, 4) is 0 Å². The number of carbonyl (C=O) groups is 2. The molecule has 160 valence electrons. The number of carbonyl (C=O) groups excluding carboxylic acids is 2. The molecule has 1 aromatic heterocycles. The van der Waals surface area contributed by atoms with Gasteiger partial charge in [-0.15, -0.1) is 14.5 Å². The third kappa shape index (κ3) is 3.95. The molecular weight excluding hydrogens is 396 g/mol.